The molecule has 2 aliphatic rings. The third kappa shape index (κ3) is 5.61. The van der Waals surface area contributed by atoms with Gasteiger partial charge in [-0.15, -0.1) is 5.10 Å². The summed E-state index contributed by atoms with van der Waals surface area (Å²) in [5, 5.41) is 24.1. The Hall–Kier alpha value is -4.31. The Bertz CT molecular complexity index is 1140. The standard InChI is InChI=1S/C24H20N4O3/c1-17-11-5-2-3-8-14-19(24(30)25-18-12-6-4-7-13-18)23(28-31)22(17)27-26-20-15-9-10-16-21(20)29/h2-7,11-14,31H,1,8-9,15H2,(H,25,30)/b3-2-,11-5-,19-14+,26-20?,27-22?,28-23?. The van der Waals surface area contributed by atoms with E-state index in [0.29, 0.717) is 30.5 Å². The molecule has 0 spiro atoms. The van der Waals surface area contributed by atoms with E-state index in [9.17, 15) is 14.8 Å². The summed E-state index contributed by atoms with van der Waals surface area (Å²) < 4.78 is 0. The van der Waals surface area contributed by atoms with Crippen molar-refractivity contribution in [2.24, 2.45) is 15.4 Å². The molecule has 1 aromatic carbocycles. The molecule has 154 valence electrons. The number of carbonyl (C=O) groups is 2. The SMILES string of the molecule is C=C1/C=C\C=C/C/C=C(/C(=O)Nc2ccccc2)C(=NO)C1=NN=C1CCC#CC1=O. The van der Waals surface area contributed by atoms with E-state index in [0.717, 1.165) is 0 Å². The number of benzene rings is 1. The first-order valence-corrected chi connectivity index (χ1v) is 9.59. The molecule has 3 rings (SSSR count). The maximum absolute atomic E-state index is 13.0. The van der Waals surface area contributed by atoms with Gasteiger partial charge in [0.15, 0.2) is 0 Å². The number of ketones is 1. The van der Waals surface area contributed by atoms with Gasteiger partial charge in [0, 0.05) is 18.5 Å². The van der Waals surface area contributed by atoms with Crippen molar-refractivity contribution < 1.29 is 14.8 Å². The Morgan fingerprint density at radius 1 is 1.13 bits per heavy atom. The van der Waals surface area contributed by atoms with Crippen molar-refractivity contribution in [3.63, 3.8) is 0 Å². The van der Waals surface area contributed by atoms with Crippen molar-refractivity contribution in [3.05, 3.63) is 78.4 Å². The molecular weight excluding hydrogens is 392 g/mol. The maximum Gasteiger partial charge on any atom is 0.257 e. The van der Waals surface area contributed by atoms with Gasteiger partial charge >= 0.3 is 0 Å². The molecule has 2 aliphatic carbocycles. The molecule has 0 saturated heterocycles. The highest BCUT2D eigenvalue weighted by Gasteiger charge is 2.24. The molecule has 2 N–H and O–H groups in total. The van der Waals surface area contributed by atoms with Crippen LogP contribution in [0.15, 0.2) is 93.8 Å². The van der Waals surface area contributed by atoms with Crippen molar-refractivity contribution in [1.82, 2.24) is 0 Å². The molecule has 1 amide bonds. The first-order chi connectivity index (χ1) is 15.1. The predicted octanol–water partition coefficient (Wildman–Crippen LogP) is 3.62. The molecule has 0 aromatic heterocycles. The average molecular weight is 412 g/mol. The van der Waals surface area contributed by atoms with Gasteiger partial charge in [-0.25, -0.2) is 0 Å². The molecule has 0 unspecified atom stereocenters. The minimum atomic E-state index is -0.482. The topological polar surface area (TPSA) is 103 Å². The minimum Gasteiger partial charge on any atom is -0.410 e. The molecule has 0 saturated carbocycles. The third-order valence-electron chi connectivity index (χ3n) is 4.38. The number of carbonyl (C=O) groups excluding carboxylic acids is 2. The quantitative estimate of drug-likeness (QED) is 0.343. The first kappa shape index (κ1) is 21.4. The van der Waals surface area contributed by atoms with Crippen LogP contribution in [0, 0.1) is 11.8 Å². The number of oxime groups is 1. The number of hydrogen-bond donors (Lipinski definition) is 2. The van der Waals surface area contributed by atoms with Crippen molar-refractivity contribution in [2.75, 3.05) is 5.32 Å². The summed E-state index contributed by atoms with van der Waals surface area (Å²) in [5.74, 6) is 4.30. The number of anilines is 1. The van der Waals surface area contributed by atoms with Crippen LogP contribution in [0.25, 0.3) is 0 Å². The highest BCUT2D eigenvalue weighted by atomic mass is 16.4. The molecule has 1 aromatic rings. The van der Waals surface area contributed by atoms with Crippen LogP contribution in [0.3, 0.4) is 0 Å². The lowest BCUT2D eigenvalue weighted by Crippen LogP contribution is -2.27. The van der Waals surface area contributed by atoms with E-state index in [1.807, 2.05) is 12.1 Å². The van der Waals surface area contributed by atoms with Gasteiger partial charge in [-0.2, -0.15) is 5.10 Å². The molecule has 0 heterocycles. The Morgan fingerprint density at radius 3 is 2.68 bits per heavy atom. The van der Waals surface area contributed by atoms with Crippen molar-refractivity contribution in [1.29, 1.82) is 0 Å². The fourth-order valence-corrected chi connectivity index (χ4v) is 2.82. The zero-order chi connectivity index (χ0) is 22.1. The van der Waals surface area contributed by atoms with E-state index in [1.54, 1.807) is 48.6 Å². The van der Waals surface area contributed by atoms with E-state index in [-0.39, 0.29) is 22.7 Å². The Morgan fingerprint density at radius 2 is 1.94 bits per heavy atom. The molecule has 0 atom stereocenters. The van der Waals surface area contributed by atoms with Gasteiger partial charge in [0.2, 0.25) is 0 Å². The van der Waals surface area contributed by atoms with Gasteiger partial charge < -0.3 is 10.5 Å². The molecule has 7 heteroatoms. The first-order valence-electron chi connectivity index (χ1n) is 9.59. The smallest absolute Gasteiger partial charge is 0.257 e. The molecule has 0 bridgehead atoms. The number of rotatable bonds is 3. The van der Waals surface area contributed by atoms with Gasteiger partial charge in [-0.05, 0) is 30.0 Å². The number of nitrogens with one attached hydrogen (secondary N) is 1. The van der Waals surface area contributed by atoms with Crippen LogP contribution < -0.4 is 5.32 Å². The lowest BCUT2D eigenvalue weighted by atomic mass is 9.97. The fourth-order valence-electron chi connectivity index (χ4n) is 2.82. The Kier molecular flexibility index (Phi) is 7.22. The summed E-state index contributed by atoms with van der Waals surface area (Å²) in [6.45, 7) is 3.94. The second-order valence-corrected chi connectivity index (χ2v) is 6.56. The van der Waals surface area contributed by atoms with Crippen molar-refractivity contribution >= 4 is 34.5 Å². The van der Waals surface area contributed by atoms with Crippen LogP contribution in [0.5, 0.6) is 0 Å². The molecular formula is C24H20N4O3. The average Bonchev–Trinajstić information content (AvgIpc) is 2.78. The summed E-state index contributed by atoms with van der Waals surface area (Å²) in [6, 6.07) is 8.90. The normalized spacial score (nSPS) is 24.1. The van der Waals surface area contributed by atoms with Crippen LogP contribution in [0.1, 0.15) is 19.3 Å². The monoisotopic (exact) mass is 412 g/mol. The summed E-state index contributed by atoms with van der Waals surface area (Å²) >= 11 is 0. The zero-order valence-corrected chi connectivity index (χ0v) is 16.7. The number of Topliss-reactive ketones (excluding diaryl/α,β-unsaturated/α-hetero) is 1. The summed E-state index contributed by atoms with van der Waals surface area (Å²) in [7, 11) is 0. The summed E-state index contributed by atoms with van der Waals surface area (Å²) in [5.41, 5.74) is 1.22. The minimum absolute atomic E-state index is 0.0716. The van der Waals surface area contributed by atoms with E-state index in [1.165, 1.54) is 0 Å². The highest BCUT2D eigenvalue weighted by Crippen LogP contribution is 2.15. The third-order valence-corrected chi connectivity index (χ3v) is 4.38. The predicted molar refractivity (Wildman–Crippen MR) is 121 cm³/mol. The number of nitrogens with zero attached hydrogens (tertiary/aromatic N) is 3. The van der Waals surface area contributed by atoms with Crippen LogP contribution >= 0.6 is 0 Å². The molecule has 0 fully saturated rings. The number of amides is 1. The largest absolute Gasteiger partial charge is 0.410 e. The molecule has 31 heavy (non-hydrogen) atoms. The van der Waals surface area contributed by atoms with Gasteiger partial charge in [0.05, 0.1) is 5.57 Å². The lowest BCUT2D eigenvalue weighted by Gasteiger charge is -2.13. The maximum atomic E-state index is 13.0. The molecule has 0 aliphatic heterocycles. The van der Waals surface area contributed by atoms with E-state index in [2.05, 4.69) is 39.1 Å². The van der Waals surface area contributed by atoms with Gasteiger partial charge in [-0.3, -0.25) is 9.59 Å². The van der Waals surface area contributed by atoms with E-state index < -0.39 is 11.7 Å². The lowest BCUT2D eigenvalue weighted by molar-refractivity contribution is -0.112. The van der Waals surface area contributed by atoms with Crippen molar-refractivity contribution in [3.8, 4) is 11.8 Å². The summed E-state index contributed by atoms with van der Waals surface area (Å²) in [6.07, 6.45) is 9.97. The Balaban J connectivity index is 2.03. The summed E-state index contributed by atoms with van der Waals surface area (Å²) in [4.78, 5) is 24.9. The van der Waals surface area contributed by atoms with Crippen molar-refractivity contribution in [2.45, 2.75) is 19.3 Å². The van der Waals surface area contributed by atoms with Gasteiger partial charge in [0.1, 0.15) is 17.1 Å². The number of hydrogen-bond acceptors (Lipinski definition) is 6. The van der Waals surface area contributed by atoms with Gasteiger partial charge in [0.25, 0.3) is 11.7 Å². The fraction of sp³-hybridized carbons (Fsp3) is 0.125. The van der Waals surface area contributed by atoms with E-state index >= 15 is 0 Å². The second kappa shape index (κ2) is 10.5. The molecule has 7 nitrogen and oxygen atoms in total. The second-order valence-electron chi connectivity index (χ2n) is 6.56. The number of para-hydroxylation sites is 1. The van der Waals surface area contributed by atoms with Crippen LogP contribution in [-0.4, -0.2) is 34.0 Å². The van der Waals surface area contributed by atoms with Crippen LogP contribution in [0.2, 0.25) is 0 Å². The Labute approximate surface area is 180 Å². The van der Waals surface area contributed by atoms with E-state index in [4.69, 9.17) is 0 Å². The highest BCUT2D eigenvalue weighted by molar-refractivity contribution is 6.58. The van der Waals surface area contributed by atoms with Crippen LogP contribution in [0.4, 0.5) is 5.69 Å². The zero-order valence-electron chi connectivity index (χ0n) is 16.7. The number of allylic oxidation sites excluding steroid dienone is 6. The van der Waals surface area contributed by atoms with Gasteiger partial charge in [-0.1, -0.05) is 66.2 Å². The van der Waals surface area contributed by atoms with Crippen LogP contribution in [-0.2, 0) is 9.59 Å². The molecule has 0 radical (unpaired) electrons.